The Bertz CT molecular complexity index is 912. The lowest BCUT2D eigenvalue weighted by Gasteiger charge is -2.36. The number of nitrogens with one attached hydrogen (secondary N) is 1. The molecule has 1 aliphatic heterocycles. The minimum atomic E-state index is -0.484. The first-order valence-corrected chi connectivity index (χ1v) is 9.23. The van der Waals surface area contributed by atoms with Crippen LogP contribution in [0.15, 0.2) is 40.4 Å². The number of hydrogen-bond donors (Lipinski definition) is 1. The minimum absolute atomic E-state index is 0. The molecular formula is C19H25F2IN6O. The maximum atomic E-state index is 13.8. The van der Waals surface area contributed by atoms with Gasteiger partial charge in [-0.25, -0.2) is 18.8 Å². The fourth-order valence-electron chi connectivity index (χ4n) is 3.08. The third-order valence-electron chi connectivity index (χ3n) is 4.62. The smallest absolute Gasteiger partial charge is 0.293 e. The summed E-state index contributed by atoms with van der Waals surface area (Å²) in [5.41, 5.74) is 0.0872. The van der Waals surface area contributed by atoms with E-state index in [0.717, 1.165) is 18.2 Å². The van der Waals surface area contributed by atoms with Gasteiger partial charge in [0.1, 0.15) is 11.6 Å². The van der Waals surface area contributed by atoms with Gasteiger partial charge in [-0.05, 0) is 25.1 Å². The topological polar surface area (TPSA) is 65.8 Å². The van der Waals surface area contributed by atoms with Crippen LogP contribution in [0.1, 0.15) is 12.5 Å². The number of hydrogen-bond acceptors (Lipinski definition) is 4. The summed E-state index contributed by atoms with van der Waals surface area (Å²) in [6, 6.07) is 3.37. The molecule has 2 aromatic rings. The van der Waals surface area contributed by atoms with E-state index in [9.17, 15) is 13.6 Å². The molecule has 0 aliphatic carbocycles. The van der Waals surface area contributed by atoms with Crippen LogP contribution >= 0.6 is 24.0 Å². The fraction of sp³-hybridized carbons (Fsp3) is 0.421. The lowest BCUT2D eigenvalue weighted by molar-refractivity contribution is 0.370. The van der Waals surface area contributed by atoms with Crippen molar-refractivity contribution in [3.8, 4) is 0 Å². The molecule has 0 amide bonds. The Balaban J connectivity index is 0.00000300. The van der Waals surface area contributed by atoms with Crippen LogP contribution in [0.2, 0.25) is 0 Å². The van der Waals surface area contributed by atoms with Gasteiger partial charge in [0.2, 0.25) is 0 Å². The molecule has 1 fully saturated rings. The van der Waals surface area contributed by atoms with Crippen molar-refractivity contribution < 1.29 is 8.78 Å². The molecule has 0 saturated carbocycles. The largest absolute Gasteiger partial charge is 0.357 e. The van der Waals surface area contributed by atoms with Crippen LogP contribution in [0.25, 0.3) is 0 Å². The molecule has 1 saturated heterocycles. The van der Waals surface area contributed by atoms with Gasteiger partial charge in [-0.1, -0.05) is 0 Å². The zero-order valence-electron chi connectivity index (χ0n) is 16.4. The average Bonchev–Trinajstić information content (AvgIpc) is 2.70. The van der Waals surface area contributed by atoms with Gasteiger partial charge in [-0.3, -0.25) is 4.79 Å². The standard InChI is InChI=1S/C19H24F2N6O.HI/c1-3-22-19(24-13-14-12-15(20)4-5-16(14)21)27-10-8-26(9-11-27)17-18(28)25(2)7-6-23-17;/h4-7,12H,3,8-11,13H2,1-2H3,(H,22,24);1H. The van der Waals surface area contributed by atoms with Crippen molar-refractivity contribution in [2.45, 2.75) is 13.5 Å². The van der Waals surface area contributed by atoms with Crippen molar-refractivity contribution in [3.63, 3.8) is 0 Å². The second-order valence-corrected chi connectivity index (χ2v) is 6.55. The Morgan fingerprint density at radius 3 is 2.66 bits per heavy atom. The predicted molar refractivity (Wildman–Crippen MR) is 120 cm³/mol. The summed E-state index contributed by atoms with van der Waals surface area (Å²) in [4.78, 5) is 24.9. The molecule has 0 spiro atoms. The molecular weight excluding hydrogens is 493 g/mol. The number of anilines is 1. The highest BCUT2D eigenvalue weighted by atomic mass is 127. The SMILES string of the molecule is CCNC(=NCc1cc(F)ccc1F)N1CCN(c2nccn(C)c2=O)CC1.I. The average molecular weight is 518 g/mol. The number of rotatable bonds is 4. The van der Waals surface area contributed by atoms with Gasteiger partial charge >= 0.3 is 0 Å². The van der Waals surface area contributed by atoms with E-state index in [1.807, 2.05) is 16.7 Å². The van der Waals surface area contributed by atoms with Crippen molar-refractivity contribution in [1.82, 2.24) is 19.8 Å². The predicted octanol–water partition coefficient (Wildman–Crippen LogP) is 1.96. The second kappa shape index (κ2) is 10.5. The Morgan fingerprint density at radius 2 is 1.97 bits per heavy atom. The minimum Gasteiger partial charge on any atom is -0.357 e. The summed E-state index contributed by atoms with van der Waals surface area (Å²) < 4.78 is 28.7. The summed E-state index contributed by atoms with van der Waals surface area (Å²) in [6.45, 7) is 5.16. The van der Waals surface area contributed by atoms with Crippen molar-refractivity contribution in [3.05, 3.63) is 58.1 Å². The van der Waals surface area contributed by atoms with Gasteiger partial charge in [-0.2, -0.15) is 0 Å². The van der Waals surface area contributed by atoms with Gasteiger partial charge in [0.25, 0.3) is 5.56 Å². The highest BCUT2D eigenvalue weighted by molar-refractivity contribution is 14.0. The highest BCUT2D eigenvalue weighted by Gasteiger charge is 2.22. The number of guanidine groups is 1. The number of benzene rings is 1. The lowest BCUT2D eigenvalue weighted by Crippen LogP contribution is -2.53. The maximum Gasteiger partial charge on any atom is 0.293 e. The Kier molecular flexibility index (Phi) is 8.35. The van der Waals surface area contributed by atoms with Crippen LogP contribution in [0, 0.1) is 11.6 Å². The summed E-state index contributed by atoms with van der Waals surface area (Å²) in [6.07, 6.45) is 3.24. The van der Waals surface area contributed by atoms with Gasteiger partial charge in [0.05, 0.1) is 6.54 Å². The molecule has 10 heteroatoms. The van der Waals surface area contributed by atoms with Gasteiger partial charge in [0.15, 0.2) is 11.8 Å². The molecule has 2 heterocycles. The molecule has 3 rings (SSSR count). The molecule has 158 valence electrons. The monoisotopic (exact) mass is 518 g/mol. The first kappa shape index (κ1) is 23.0. The zero-order valence-corrected chi connectivity index (χ0v) is 18.8. The van der Waals surface area contributed by atoms with Crippen LogP contribution < -0.4 is 15.8 Å². The molecule has 7 nitrogen and oxygen atoms in total. The molecule has 1 N–H and O–H groups in total. The molecule has 1 aromatic heterocycles. The first-order chi connectivity index (χ1) is 13.5. The molecule has 1 aromatic carbocycles. The van der Waals surface area contributed by atoms with Crippen molar-refractivity contribution >= 4 is 35.8 Å². The van der Waals surface area contributed by atoms with E-state index in [1.165, 1.54) is 4.57 Å². The second-order valence-electron chi connectivity index (χ2n) is 6.55. The lowest BCUT2D eigenvalue weighted by atomic mass is 10.2. The van der Waals surface area contributed by atoms with Crippen LogP contribution in [-0.2, 0) is 13.6 Å². The van der Waals surface area contributed by atoms with Gasteiger partial charge < -0.3 is 19.7 Å². The number of nitrogens with zero attached hydrogens (tertiary/aromatic N) is 5. The highest BCUT2D eigenvalue weighted by Crippen LogP contribution is 2.12. The van der Waals surface area contributed by atoms with Crippen LogP contribution in [0.4, 0.5) is 14.6 Å². The number of aliphatic imine (C=N–C) groups is 1. The maximum absolute atomic E-state index is 13.8. The third-order valence-corrected chi connectivity index (χ3v) is 4.62. The fourth-order valence-corrected chi connectivity index (χ4v) is 3.08. The van der Waals surface area contributed by atoms with Gasteiger partial charge in [-0.15, -0.1) is 24.0 Å². The van der Waals surface area contributed by atoms with E-state index >= 15 is 0 Å². The van der Waals surface area contributed by atoms with Crippen LogP contribution in [-0.4, -0.2) is 53.1 Å². The first-order valence-electron chi connectivity index (χ1n) is 9.23. The summed E-state index contributed by atoms with van der Waals surface area (Å²) in [5.74, 6) is 0.118. The van der Waals surface area contributed by atoms with Crippen LogP contribution in [0.5, 0.6) is 0 Å². The third kappa shape index (κ3) is 5.64. The summed E-state index contributed by atoms with van der Waals surface area (Å²) in [5, 5.41) is 3.19. The van der Waals surface area contributed by atoms with E-state index in [0.29, 0.717) is 44.5 Å². The van der Waals surface area contributed by atoms with E-state index in [1.54, 1.807) is 19.4 Å². The van der Waals surface area contributed by atoms with E-state index in [4.69, 9.17) is 0 Å². The molecule has 0 radical (unpaired) electrons. The molecule has 29 heavy (non-hydrogen) atoms. The van der Waals surface area contributed by atoms with E-state index in [-0.39, 0.29) is 41.6 Å². The van der Waals surface area contributed by atoms with E-state index < -0.39 is 11.6 Å². The molecule has 0 bridgehead atoms. The normalized spacial score (nSPS) is 14.6. The zero-order chi connectivity index (χ0) is 20.1. The number of piperazine rings is 1. The Hall–Kier alpha value is -2.24. The van der Waals surface area contributed by atoms with Crippen molar-refractivity contribution in [2.75, 3.05) is 37.6 Å². The molecule has 0 atom stereocenters. The number of halogens is 3. The quantitative estimate of drug-likeness (QED) is 0.381. The number of aryl methyl sites for hydroxylation is 1. The Labute approximate surface area is 185 Å². The molecule has 0 unspecified atom stereocenters. The van der Waals surface area contributed by atoms with Crippen molar-refractivity contribution in [1.29, 1.82) is 0 Å². The van der Waals surface area contributed by atoms with Gasteiger partial charge in [0, 0.05) is 57.7 Å². The summed E-state index contributed by atoms with van der Waals surface area (Å²) in [7, 11) is 1.70. The van der Waals surface area contributed by atoms with E-state index in [2.05, 4.69) is 15.3 Å². The van der Waals surface area contributed by atoms with Crippen LogP contribution in [0.3, 0.4) is 0 Å². The van der Waals surface area contributed by atoms with Crippen molar-refractivity contribution in [2.24, 2.45) is 12.0 Å². The Morgan fingerprint density at radius 1 is 1.24 bits per heavy atom. The molecule has 1 aliphatic rings. The summed E-state index contributed by atoms with van der Waals surface area (Å²) >= 11 is 0. The number of aromatic nitrogens is 2.